The number of hydrogen-bond donors (Lipinski definition) is 1. The van der Waals surface area contributed by atoms with Crippen LogP contribution in [0, 0.1) is 0 Å². The number of hydrogen-bond acceptors (Lipinski definition) is 4. The summed E-state index contributed by atoms with van der Waals surface area (Å²) in [6.45, 7) is 0.800. The molecule has 1 amide bonds. The van der Waals surface area contributed by atoms with E-state index in [2.05, 4.69) is 0 Å². The molecule has 2 rings (SSSR count). The van der Waals surface area contributed by atoms with E-state index in [0.717, 1.165) is 5.56 Å². The highest BCUT2D eigenvalue weighted by Crippen LogP contribution is 2.17. The number of rotatable bonds is 7. The maximum Gasteiger partial charge on any atom is 0.414 e. The summed E-state index contributed by atoms with van der Waals surface area (Å²) in [6, 6.07) is 15.4. The van der Waals surface area contributed by atoms with E-state index in [-0.39, 0.29) is 12.2 Å². The summed E-state index contributed by atoms with van der Waals surface area (Å²) < 4.78 is 10.4. The number of carbonyl (C=O) groups is 2. The Morgan fingerprint density at radius 3 is 2.29 bits per heavy atom. The van der Waals surface area contributed by atoms with Crippen LogP contribution in [0.2, 0.25) is 0 Å². The fourth-order valence-corrected chi connectivity index (χ4v) is 2.09. The molecule has 0 heterocycles. The molecule has 0 saturated carbocycles. The summed E-state index contributed by atoms with van der Waals surface area (Å²) in [6.07, 6.45) is -0.515. The largest absolute Gasteiger partial charge is 0.478 e. The van der Waals surface area contributed by atoms with Gasteiger partial charge < -0.3 is 14.6 Å². The van der Waals surface area contributed by atoms with Crippen molar-refractivity contribution in [1.82, 2.24) is 0 Å². The first-order valence-corrected chi connectivity index (χ1v) is 7.42. The van der Waals surface area contributed by atoms with E-state index in [4.69, 9.17) is 14.6 Å². The maximum atomic E-state index is 12.4. The van der Waals surface area contributed by atoms with Crippen LogP contribution in [0.1, 0.15) is 15.9 Å². The van der Waals surface area contributed by atoms with E-state index in [1.807, 2.05) is 30.3 Å². The van der Waals surface area contributed by atoms with E-state index in [1.165, 1.54) is 17.0 Å². The van der Waals surface area contributed by atoms with Crippen molar-refractivity contribution in [2.75, 3.05) is 25.2 Å². The molecule has 126 valence electrons. The quantitative estimate of drug-likeness (QED) is 0.844. The number of ether oxygens (including phenoxy) is 2. The SMILES string of the molecule is COCCN(C(=O)OCc1ccccc1)c1ccc(C(=O)O)cc1. The molecule has 2 aromatic carbocycles. The lowest BCUT2D eigenvalue weighted by atomic mass is 10.2. The van der Waals surface area contributed by atoms with Crippen LogP contribution < -0.4 is 4.90 Å². The Morgan fingerprint density at radius 1 is 1.04 bits per heavy atom. The van der Waals surface area contributed by atoms with Gasteiger partial charge in [0.15, 0.2) is 0 Å². The van der Waals surface area contributed by atoms with Crippen LogP contribution in [0.4, 0.5) is 10.5 Å². The second kappa shape index (κ2) is 8.69. The standard InChI is InChI=1S/C18H19NO5/c1-23-12-11-19(16-9-7-15(8-10-16)17(20)21)18(22)24-13-14-5-3-2-4-6-14/h2-10H,11-13H2,1H3,(H,20,21). The molecule has 0 fully saturated rings. The van der Waals surface area contributed by atoms with Crippen molar-refractivity contribution in [2.45, 2.75) is 6.61 Å². The van der Waals surface area contributed by atoms with E-state index in [1.54, 1.807) is 19.2 Å². The number of carbonyl (C=O) groups excluding carboxylic acids is 1. The molecule has 0 aliphatic heterocycles. The number of methoxy groups -OCH3 is 1. The molecule has 0 unspecified atom stereocenters. The molecule has 0 atom stereocenters. The first-order chi connectivity index (χ1) is 11.6. The fraction of sp³-hybridized carbons (Fsp3) is 0.222. The minimum absolute atomic E-state index is 0.156. The number of carboxylic acids is 1. The second-order valence-corrected chi connectivity index (χ2v) is 5.04. The van der Waals surface area contributed by atoms with Gasteiger partial charge in [0.2, 0.25) is 0 Å². The van der Waals surface area contributed by atoms with Gasteiger partial charge in [-0.15, -0.1) is 0 Å². The summed E-state index contributed by atoms with van der Waals surface area (Å²) in [5.41, 5.74) is 1.59. The highest BCUT2D eigenvalue weighted by Gasteiger charge is 2.17. The summed E-state index contributed by atoms with van der Waals surface area (Å²) in [5.74, 6) is -1.02. The summed E-state index contributed by atoms with van der Waals surface area (Å²) in [4.78, 5) is 24.7. The van der Waals surface area contributed by atoms with Crippen molar-refractivity contribution in [1.29, 1.82) is 0 Å². The summed E-state index contributed by atoms with van der Waals surface area (Å²) >= 11 is 0. The van der Waals surface area contributed by atoms with E-state index in [9.17, 15) is 9.59 Å². The molecule has 0 saturated heterocycles. The van der Waals surface area contributed by atoms with Crippen LogP contribution >= 0.6 is 0 Å². The van der Waals surface area contributed by atoms with Crippen LogP contribution in [0.15, 0.2) is 54.6 Å². The van der Waals surface area contributed by atoms with Crippen LogP contribution in [0.3, 0.4) is 0 Å². The van der Waals surface area contributed by atoms with Gasteiger partial charge in [0, 0.05) is 12.8 Å². The zero-order chi connectivity index (χ0) is 17.4. The van der Waals surface area contributed by atoms with Gasteiger partial charge in [-0.1, -0.05) is 30.3 Å². The predicted octanol–water partition coefficient (Wildman–Crippen LogP) is 3.17. The Labute approximate surface area is 140 Å². The monoisotopic (exact) mass is 329 g/mol. The number of aromatic carboxylic acids is 1. The Morgan fingerprint density at radius 2 is 1.71 bits per heavy atom. The van der Waals surface area contributed by atoms with Crippen molar-refractivity contribution in [3.63, 3.8) is 0 Å². The van der Waals surface area contributed by atoms with E-state index in [0.29, 0.717) is 18.8 Å². The first-order valence-electron chi connectivity index (χ1n) is 7.42. The molecule has 2 aromatic rings. The lowest BCUT2D eigenvalue weighted by Gasteiger charge is -2.22. The van der Waals surface area contributed by atoms with E-state index >= 15 is 0 Å². The Kier molecular flexibility index (Phi) is 6.33. The minimum atomic E-state index is -1.02. The number of carboxylic acid groups (broad SMARTS) is 1. The smallest absolute Gasteiger partial charge is 0.414 e. The molecule has 6 nitrogen and oxygen atoms in total. The molecule has 24 heavy (non-hydrogen) atoms. The molecule has 6 heteroatoms. The lowest BCUT2D eigenvalue weighted by Crippen LogP contribution is -2.34. The molecule has 0 aliphatic carbocycles. The molecule has 0 radical (unpaired) electrons. The van der Waals surface area contributed by atoms with Crippen molar-refractivity contribution < 1.29 is 24.2 Å². The van der Waals surface area contributed by atoms with Crippen molar-refractivity contribution in [2.24, 2.45) is 0 Å². The number of anilines is 1. The Bertz CT molecular complexity index is 670. The van der Waals surface area contributed by atoms with Gasteiger partial charge in [0.25, 0.3) is 0 Å². The zero-order valence-corrected chi connectivity index (χ0v) is 13.3. The fourth-order valence-electron chi connectivity index (χ4n) is 2.09. The molecule has 0 bridgehead atoms. The molecular weight excluding hydrogens is 310 g/mol. The van der Waals surface area contributed by atoms with Gasteiger partial charge in [-0.2, -0.15) is 0 Å². The highest BCUT2D eigenvalue weighted by molar-refractivity contribution is 5.90. The third-order valence-electron chi connectivity index (χ3n) is 3.37. The topological polar surface area (TPSA) is 76.1 Å². The van der Waals surface area contributed by atoms with Crippen LogP contribution in [-0.4, -0.2) is 37.4 Å². The molecule has 0 aromatic heterocycles. The molecule has 1 N–H and O–H groups in total. The Balaban J connectivity index is 2.08. The normalized spacial score (nSPS) is 10.2. The van der Waals surface area contributed by atoms with Crippen molar-refractivity contribution in [3.8, 4) is 0 Å². The summed E-state index contributed by atoms with van der Waals surface area (Å²) in [5, 5.41) is 8.95. The third kappa shape index (κ3) is 4.82. The average Bonchev–Trinajstić information content (AvgIpc) is 2.61. The van der Waals surface area contributed by atoms with Crippen molar-refractivity contribution >= 4 is 17.7 Å². The predicted molar refractivity (Wildman–Crippen MR) is 89.3 cm³/mol. The minimum Gasteiger partial charge on any atom is -0.478 e. The van der Waals surface area contributed by atoms with Crippen LogP contribution in [0.25, 0.3) is 0 Å². The highest BCUT2D eigenvalue weighted by atomic mass is 16.6. The summed E-state index contributed by atoms with van der Waals surface area (Å²) in [7, 11) is 1.54. The molecule has 0 spiro atoms. The van der Waals surface area contributed by atoms with Crippen LogP contribution in [-0.2, 0) is 16.1 Å². The molecule has 0 aliphatic rings. The Hall–Kier alpha value is -2.86. The zero-order valence-electron chi connectivity index (χ0n) is 13.3. The van der Waals surface area contributed by atoms with Gasteiger partial charge in [-0.3, -0.25) is 4.90 Å². The van der Waals surface area contributed by atoms with Gasteiger partial charge in [-0.05, 0) is 29.8 Å². The van der Waals surface area contributed by atoms with E-state index < -0.39 is 12.1 Å². The van der Waals surface area contributed by atoms with Gasteiger partial charge >= 0.3 is 12.1 Å². The van der Waals surface area contributed by atoms with Gasteiger partial charge in [0.1, 0.15) is 6.61 Å². The third-order valence-corrected chi connectivity index (χ3v) is 3.37. The van der Waals surface area contributed by atoms with Crippen molar-refractivity contribution in [3.05, 3.63) is 65.7 Å². The number of amides is 1. The van der Waals surface area contributed by atoms with Gasteiger partial charge in [0.05, 0.1) is 18.7 Å². The van der Waals surface area contributed by atoms with Crippen LogP contribution in [0.5, 0.6) is 0 Å². The van der Waals surface area contributed by atoms with Gasteiger partial charge in [-0.25, -0.2) is 9.59 Å². The lowest BCUT2D eigenvalue weighted by molar-refractivity contribution is 0.0697. The first kappa shape index (κ1) is 17.5. The second-order valence-electron chi connectivity index (χ2n) is 5.04. The number of benzene rings is 2. The average molecular weight is 329 g/mol. The maximum absolute atomic E-state index is 12.4. The number of nitrogens with zero attached hydrogens (tertiary/aromatic N) is 1. The molecular formula is C18H19NO5.